The summed E-state index contributed by atoms with van der Waals surface area (Å²) >= 11 is 0. The number of amides is 1. The van der Waals surface area contributed by atoms with Gasteiger partial charge in [0, 0.05) is 12.3 Å². The molecule has 0 bridgehead atoms. The minimum Gasteiger partial charge on any atom is -0.374 e. The zero-order valence-electron chi connectivity index (χ0n) is 21.3. The first-order valence-corrected chi connectivity index (χ1v) is 12.7. The minimum absolute atomic E-state index is 0.0309. The molecule has 5 rings (SSSR count). The van der Waals surface area contributed by atoms with Crippen LogP contribution in [0.5, 0.6) is 0 Å². The van der Waals surface area contributed by atoms with Crippen molar-refractivity contribution in [2.45, 2.75) is 51.9 Å². The first-order valence-electron chi connectivity index (χ1n) is 12.7. The van der Waals surface area contributed by atoms with Gasteiger partial charge in [-0.1, -0.05) is 74.5 Å². The summed E-state index contributed by atoms with van der Waals surface area (Å²) in [6.45, 7) is 4.88. The van der Waals surface area contributed by atoms with E-state index in [1.54, 1.807) is 11.5 Å². The molecule has 1 aliphatic heterocycles. The van der Waals surface area contributed by atoms with Crippen LogP contribution in [-0.2, 0) is 32.2 Å². The van der Waals surface area contributed by atoms with Crippen LogP contribution in [-0.4, -0.2) is 44.2 Å². The predicted octanol–water partition coefficient (Wildman–Crippen LogP) is 4.65. The molecule has 2 aromatic carbocycles. The van der Waals surface area contributed by atoms with Crippen molar-refractivity contribution in [2.24, 2.45) is 5.92 Å². The van der Waals surface area contributed by atoms with E-state index in [2.05, 4.69) is 20.3 Å². The molecular formula is C28H30FN5O4. The number of carbonyl (C=O) groups is 1. The molecule has 1 fully saturated rings. The highest BCUT2D eigenvalue weighted by atomic mass is 19.1. The summed E-state index contributed by atoms with van der Waals surface area (Å²) in [5.74, 6) is -0.411. The summed E-state index contributed by atoms with van der Waals surface area (Å²) < 4.78 is 34.9. The highest BCUT2D eigenvalue weighted by Crippen LogP contribution is 2.39. The lowest BCUT2D eigenvalue weighted by atomic mass is 10.0. The number of rotatable bonds is 10. The molecule has 0 saturated carbocycles. The van der Waals surface area contributed by atoms with E-state index in [4.69, 9.17) is 14.2 Å². The van der Waals surface area contributed by atoms with E-state index in [-0.39, 0.29) is 47.4 Å². The molecule has 1 amide bonds. The summed E-state index contributed by atoms with van der Waals surface area (Å²) in [4.78, 5) is 24.0. The Labute approximate surface area is 220 Å². The van der Waals surface area contributed by atoms with E-state index >= 15 is 0 Å². The number of ether oxygens (including phenoxy) is 3. The minimum atomic E-state index is -0.962. The Kier molecular flexibility index (Phi) is 8.02. The second-order valence-corrected chi connectivity index (χ2v) is 9.25. The number of anilines is 1. The molecular weight excluding hydrogens is 489 g/mol. The van der Waals surface area contributed by atoms with Crippen molar-refractivity contribution >= 4 is 22.9 Å². The number of imidazole rings is 1. The highest BCUT2D eigenvalue weighted by molar-refractivity contribution is 5.96. The third-order valence-electron chi connectivity index (χ3n) is 6.57. The summed E-state index contributed by atoms with van der Waals surface area (Å²) in [6, 6.07) is 19.8. The molecule has 0 radical (unpaired) electrons. The van der Waals surface area contributed by atoms with Gasteiger partial charge in [0.05, 0.1) is 32.3 Å². The van der Waals surface area contributed by atoms with Gasteiger partial charge in [-0.2, -0.15) is 14.4 Å². The van der Waals surface area contributed by atoms with Crippen LogP contribution in [0.2, 0.25) is 0 Å². The lowest BCUT2D eigenvalue weighted by Gasteiger charge is -2.22. The lowest BCUT2D eigenvalue weighted by Crippen LogP contribution is -2.32. The smallest absolute Gasteiger partial charge is 0.312 e. The largest absolute Gasteiger partial charge is 0.374 e. The summed E-state index contributed by atoms with van der Waals surface area (Å²) in [6.07, 6.45) is -0.443. The molecule has 198 valence electrons. The predicted molar refractivity (Wildman–Crippen MR) is 138 cm³/mol. The number of benzene rings is 2. The standard InChI is InChI=1S/C28H30FN5O4/c1-3-22(35)31-25-23-26(33-28(29)32-25)34(17-30-23)27-18(2)24(37-15-20-12-8-5-9-13-20)21(38-27)16-36-14-19-10-6-4-7-11-19/h4-13,17-18,21,24,27H,3,14-16H2,1-2H3,(H,31,32,33,35)/t18-,21+,24?,27+/m0/s1. The van der Waals surface area contributed by atoms with Crippen molar-refractivity contribution in [3.63, 3.8) is 0 Å². The molecule has 1 saturated heterocycles. The number of nitrogens with one attached hydrogen (secondary N) is 1. The quantitative estimate of drug-likeness (QED) is 0.305. The lowest BCUT2D eigenvalue weighted by molar-refractivity contribution is -0.115. The number of hydrogen-bond donors (Lipinski definition) is 1. The Bertz CT molecular complexity index is 1370. The second-order valence-electron chi connectivity index (χ2n) is 9.25. The van der Waals surface area contributed by atoms with Gasteiger partial charge in [0.25, 0.3) is 0 Å². The molecule has 9 nitrogen and oxygen atoms in total. The summed E-state index contributed by atoms with van der Waals surface area (Å²) in [5, 5.41) is 2.60. The molecule has 3 heterocycles. The summed E-state index contributed by atoms with van der Waals surface area (Å²) in [7, 11) is 0. The first-order chi connectivity index (χ1) is 18.5. The van der Waals surface area contributed by atoms with Crippen LogP contribution in [0.1, 0.15) is 37.6 Å². The Morgan fingerprint density at radius 1 is 1.05 bits per heavy atom. The Morgan fingerprint density at radius 2 is 1.74 bits per heavy atom. The highest BCUT2D eigenvalue weighted by Gasteiger charge is 2.44. The first kappa shape index (κ1) is 25.9. The molecule has 10 heteroatoms. The monoisotopic (exact) mass is 519 g/mol. The van der Waals surface area contributed by atoms with Gasteiger partial charge >= 0.3 is 6.08 Å². The van der Waals surface area contributed by atoms with Crippen molar-refractivity contribution in [2.75, 3.05) is 11.9 Å². The normalized spacial score (nSPS) is 21.1. The van der Waals surface area contributed by atoms with E-state index in [1.165, 1.54) is 6.33 Å². The number of hydrogen-bond acceptors (Lipinski definition) is 7. The van der Waals surface area contributed by atoms with E-state index in [1.807, 2.05) is 67.6 Å². The van der Waals surface area contributed by atoms with Gasteiger partial charge in [-0.3, -0.25) is 9.36 Å². The maximum atomic E-state index is 14.4. The Morgan fingerprint density at radius 3 is 2.42 bits per heavy atom. The molecule has 0 spiro atoms. The van der Waals surface area contributed by atoms with Crippen molar-refractivity contribution in [3.8, 4) is 0 Å². The van der Waals surface area contributed by atoms with Gasteiger partial charge in [0.15, 0.2) is 17.0 Å². The molecule has 38 heavy (non-hydrogen) atoms. The number of nitrogens with zero attached hydrogens (tertiary/aromatic N) is 4. The van der Waals surface area contributed by atoms with Crippen LogP contribution in [0.4, 0.5) is 10.2 Å². The van der Waals surface area contributed by atoms with Gasteiger partial charge in [0.2, 0.25) is 5.91 Å². The van der Waals surface area contributed by atoms with Gasteiger partial charge in [0.1, 0.15) is 12.3 Å². The summed E-state index contributed by atoms with van der Waals surface area (Å²) in [5.41, 5.74) is 2.63. The number of aromatic nitrogens is 4. The molecule has 1 unspecified atom stereocenters. The van der Waals surface area contributed by atoms with Crippen LogP contribution in [0.25, 0.3) is 11.2 Å². The maximum absolute atomic E-state index is 14.4. The molecule has 4 aromatic rings. The zero-order chi connectivity index (χ0) is 26.5. The number of fused-ring (bicyclic) bond motifs is 1. The van der Waals surface area contributed by atoms with Gasteiger partial charge in [-0.05, 0) is 11.1 Å². The van der Waals surface area contributed by atoms with E-state index < -0.39 is 12.3 Å². The molecule has 4 atom stereocenters. The maximum Gasteiger partial charge on any atom is 0.312 e. The fourth-order valence-corrected chi connectivity index (χ4v) is 4.61. The average Bonchev–Trinajstić information content (AvgIpc) is 3.49. The number of carbonyl (C=O) groups excluding carboxylic acids is 1. The molecule has 2 aromatic heterocycles. The van der Waals surface area contributed by atoms with Crippen molar-refractivity contribution in [1.82, 2.24) is 19.5 Å². The number of halogens is 1. The Balaban J connectivity index is 1.39. The van der Waals surface area contributed by atoms with Crippen LogP contribution in [0.3, 0.4) is 0 Å². The van der Waals surface area contributed by atoms with Crippen LogP contribution >= 0.6 is 0 Å². The van der Waals surface area contributed by atoms with Gasteiger partial charge in [-0.25, -0.2) is 4.98 Å². The van der Waals surface area contributed by atoms with E-state index in [9.17, 15) is 9.18 Å². The van der Waals surface area contributed by atoms with E-state index in [0.29, 0.717) is 19.8 Å². The average molecular weight is 520 g/mol. The molecule has 1 aliphatic rings. The van der Waals surface area contributed by atoms with E-state index in [0.717, 1.165) is 11.1 Å². The van der Waals surface area contributed by atoms with Gasteiger partial charge in [-0.15, -0.1) is 0 Å². The van der Waals surface area contributed by atoms with Crippen molar-refractivity contribution in [1.29, 1.82) is 0 Å². The van der Waals surface area contributed by atoms with Crippen LogP contribution in [0.15, 0.2) is 67.0 Å². The fourth-order valence-electron chi connectivity index (χ4n) is 4.61. The fraction of sp³-hybridized carbons (Fsp3) is 0.357. The topological polar surface area (TPSA) is 100 Å². The SMILES string of the molecule is CCC(=O)Nc1nc(F)nc2c1ncn2[C@@H]1O[C@H](COCc2ccccc2)C(OCc2ccccc2)[C@@H]1C. The van der Waals surface area contributed by atoms with Crippen LogP contribution < -0.4 is 5.32 Å². The zero-order valence-corrected chi connectivity index (χ0v) is 21.3. The molecule has 1 N–H and O–H groups in total. The van der Waals surface area contributed by atoms with Gasteiger partial charge < -0.3 is 19.5 Å². The van der Waals surface area contributed by atoms with Crippen molar-refractivity contribution < 1.29 is 23.4 Å². The third-order valence-corrected chi connectivity index (χ3v) is 6.57. The third kappa shape index (κ3) is 5.72. The van der Waals surface area contributed by atoms with Crippen molar-refractivity contribution in [3.05, 3.63) is 84.2 Å². The molecule has 0 aliphatic carbocycles. The second kappa shape index (κ2) is 11.8. The Hall–Kier alpha value is -3.73. The van der Waals surface area contributed by atoms with Crippen LogP contribution in [0, 0.1) is 12.0 Å².